The molecular formula is C36H26ClN3O4S. The molecule has 7 rings (SSSR count). The molecule has 0 spiro atoms. The summed E-state index contributed by atoms with van der Waals surface area (Å²) < 4.78 is 7.31. The van der Waals surface area contributed by atoms with E-state index in [-0.39, 0.29) is 22.6 Å². The lowest BCUT2D eigenvalue weighted by Crippen LogP contribution is -2.41. The molecule has 5 aromatic rings. The normalized spacial score (nSPS) is 16.7. The van der Waals surface area contributed by atoms with Crippen LogP contribution in [0.5, 0.6) is 0 Å². The number of anilines is 1. The number of benzene rings is 4. The van der Waals surface area contributed by atoms with Gasteiger partial charge in [0.25, 0.3) is 11.5 Å². The van der Waals surface area contributed by atoms with Crippen molar-refractivity contribution in [2.75, 3.05) is 11.5 Å². The number of amides is 1. The van der Waals surface area contributed by atoms with Gasteiger partial charge < -0.3 is 9.64 Å². The average molecular weight is 632 g/mol. The second-order valence-electron chi connectivity index (χ2n) is 10.6. The van der Waals surface area contributed by atoms with Crippen LogP contribution >= 0.6 is 22.9 Å². The maximum atomic E-state index is 14.6. The first kappa shape index (κ1) is 28.7. The third-order valence-electron chi connectivity index (χ3n) is 7.87. The van der Waals surface area contributed by atoms with E-state index in [0.717, 1.165) is 22.6 Å². The number of halogens is 1. The molecule has 1 aromatic heterocycles. The minimum Gasteiger partial charge on any atom is -0.463 e. The number of rotatable bonds is 6. The minimum atomic E-state index is -0.866. The molecule has 0 N–H and O–H groups in total. The number of esters is 1. The number of carbonyl (C=O) groups is 2. The van der Waals surface area contributed by atoms with Crippen molar-refractivity contribution in [3.05, 3.63) is 162 Å². The Labute approximate surface area is 267 Å². The summed E-state index contributed by atoms with van der Waals surface area (Å²) in [7, 11) is 0. The minimum absolute atomic E-state index is 0.148. The van der Waals surface area contributed by atoms with Crippen molar-refractivity contribution in [3.8, 4) is 0 Å². The van der Waals surface area contributed by atoms with E-state index in [1.807, 2.05) is 84.9 Å². The van der Waals surface area contributed by atoms with Gasteiger partial charge in [-0.15, -0.1) is 0 Å². The zero-order valence-corrected chi connectivity index (χ0v) is 25.7. The lowest BCUT2D eigenvalue weighted by Gasteiger charge is -2.26. The first-order valence-electron chi connectivity index (χ1n) is 14.5. The van der Waals surface area contributed by atoms with Crippen molar-refractivity contribution in [2.24, 2.45) is 4.99 Å². The van der Waals surface area contributed by atoms with Crippen molar-refractivity contribution >= 4 is 51.8 Å². The fourth-order valence-electron chi connectivity index (χ4n) is 5.87. The highest BCUT2D eigenvalue weighted by atomic mass is 35.5. The van der Waals surface area contributed by atoms with Crippen LogP contribution in [0.2, 0.25) is 5.02 Å². The number of aromatic nitrogens is 1. The van der Waals surface area contributed by atoms with Crippen LogP contribution in [0.1, 0.15) is 35.2 Å². The molecule has 2 aliphatic rings. The van der Waals surface area contributed by atoms with E-state index >= 15 is 0 Å². The molecule has 0 saturated heterocycles. The third-order valence-corrected chi connectivity index (χ3v) is 9.17. The van der Waals surface area contributed by atoms with E-state index in [1.54, 1.807) is 36.1 Å². The van der Waals surface area contributed by atoms with E-state index < -0.39 is 17.6 Å². The highest BCUT2D eigenvalue weighted by molar-refractivity contribution is 7.07. The third kappa shape index (κ3) is 5.02. The smallest absolute Gasteiger partial charge is 0.338 e. The zero-order valence-electron chi connectivity index (χ0n) is 24.1. The Bertz CT molecular complexity index is 2170. The molecule has 0 bridgehead atoms. The summed E-state index contributed by atoms with van der Waals surface area (Å²) >= 11 is 7.40. The van der Waals surface area contributed by atoms with Crippen molar-refractivity contribution in [3.63, 3.8) is 0 Å². The van der Waals surface area contributed by atoms with Gasteiger partial charge in [-0.3, -0.25) is 14.2 Å². The average Bonchev–Trinajstić information content (AvgIpc) is 3.53. The molecule has 222 valence electrons. The van der Waals surface area contributed by atoms with E-state index in [0.29, 0.717) is 44.3 Å². The fraction of sp³-hybridized carbons (Fsp3) is 0.111. The zero-order chi connectivity index (χ0) is 31.1. The van der Waals surface area contributed by atoms with Gasteiger partial charge in [0.15, 0.2) is 4.80 Å². The standard InChI is InChI=1S/C36H26ClN3O4S/c1-2-44-35(43)29-30(23-13-7-4-8-14-23)38-36-40(31(29)24-17-19-25(37)20-18-24)34(42)32(45-36)28-26-15-9-10-16-27(26)39(33(28)41)21-22-11-5-3-6-12-22/h3-20,31H,2,21H2,1H3/b32-28-/t31-/m0/s1. The molecule has 0 fully saturated rings. The molecular weight excluding hydrogens is 606 g/mol. The number of nitrogens with zero attached hydrogens (tertiary/aromatic N) is 3. The second-order valence-corrected chi connectivity index (χ2v) is 12.0. The van der Waals surface area contributed by atoms with Gasteiger partial charge in [-0.05, 0) is 36.2 Å². The van der Waals surface area contributed by atoms with Crippen LogP contribution in [-0.2, 0) is 20.9 Å². The SMILES string of the molecule is CCOC(=O)C1=C(c2ccccc2)N=c2s/c(=C3\C(=O)N(Cc4ccccc4)c4ccccc43)c(=O)n2[C@H]1c1ccc(Cl)cc1. The molecule has 2 aliphatic heterocycles. The molecule has 0 unspecified atom stereocenters. The van der Waals surface area contributed by atoms with Gasteiger partial charge >= 0.3 is 5.97 Å². The fourth-order valence-corrected chi connectivity index (χ4v) is 7.09. The lowest BCUT2D eigenvalue weighted by molar-refractivity contribution is -0.138. The summed E-state index contributed by atoms with van der Waals surface area (Å²) in [6, 6.07) is 32.7. The van der Waals surface area contributed by atoms with Gasteiger partial charge in [0.05, 0.1) is 41.7 Å². The summed E-state index contributed by atoms with van der Waals surface area (Å²) in [6.45, 7) is 2.24. The van der Waals surface area contributed by atoms with E-state index in [4.69, 9.17) is 21.3 Å². The first-order chi connectivity index (χ1) is 22.0. The van der Waals surface area contributed by atoms with E-state index in [1.165, 1.54) is 4.57 Å². The van der Waals surface area contributed by atoms with Gasteiger partial charge in [-0.25, -0.2) is 9.79 Å². The molecule has 7 nitrogen and oxygen atoms in total. The summed E-state index contributed by atoms with van der Waals surface area (Å²) in [5, 5.41) is 0.519. The Morgan fingerprint density at radius 3 is 2.27 bits per heavy atom. The highest BCUT2D eigenvalue weighted by Crippen LogP contribution is 2.38. The van der Waals surface area contributed by atoms with Gasteiger partial charge in [-0.1, -0.05) is 114 Å². The van der Waals surface area contributed by atoms with Crippen LogP contribution < -0.4 is 19.8 Å². The second kappa shape index (κ2) is 11.8. The van der Waals surface area contributed by atoms with Gasteiger partial charge in [-0.2, -0.15) is 0 Å². The predicted octanol–water partition coefficient (Wildman–Crippen LogP) is 5.51. The van der Waals surface area contributed by atoms with Crippen molar-refractivity contribution in [1.82, 2.24) is 4.57 Å². The number of thiazole rings is 1. The van der Waals surface area contributed by atoms with Crippen LogP contribution in [0, 0.1) is 0 Å². The van der Waals surface area contributed by atoms with E-state index in [2.05, 4.69) is 0 Å². The van der Waals surface area contributed by atoms with Crippen LogP contribution in [0.25, 0.3) is 11.3 Å². The number of para-hydroxylation sites is 1. The summed E-state index contributed by atoms with van der Waals surface area (Å²) in [5.74, 6) is -0.837. The van der Waals surface area contributed by atoms with Crippen molar-refractivity contribution < 1.29 is 14.3 Å². The maximum absolute atomic E-state index is 14.6. The Morgan fingerprint density at radius 2 is 1.56 bits per heavy atom. The van der Waals surface area contributed by atoms with Gasteiger partial charge in [0.2, 0.25) is 0 Å². The van der Waals surface area contributed by atoms with Gasteiger partial charge in [0.1, 0.15) is 4.53 Å². The molecule has 45 heavy (non-hydrogen) atoms. The Balaban J connectivity index is 1.51. The van der Waals surface area contributed by atoms with Crippen LogP contribution in [-0.4, -0.2) is 23.1 Å². The van der Waals surface area contributed by atoms with Crippen molar-refractivity contribution in [1.29, 1.82) is 0 Å². The summed E-state index contributed by atoms with van der Waals surface area (Å²) in [5.41, 5.74) is 4.31. The van der Waals surface area contributed by atoms with Gasteiger partial charge in [0, 0.05) is 16.1 Å². The van der Waals surface area contributed by atoms with Crippen molar-refractivity contribution in [2.45, 2.75) is 19.5 Å². The lowest BCUT2D eigenvalue weighted by atomic mass is 9.93. The summed E-state index contributed by atoms with van der Waals surface area (Å²) in [4.78, 5) is 49.4. The number of hydrogen-bond acceptors (Lipinski definition) is 6. The Kier molecular flexibility index (Phi) is 7.53. The van der Waals surface area contributed by atoms with Crippen LogP contribution in [0.15, 0.2) is 125 Å². The molecule has 0 saturated carbocycles. The quantitative estimate of drug-likeness (QED) is 0.232. The first-order valence-corrected chi connectivity index (χ1v) is 15.7. The molecule has 3 heterocycles. The number of fused-ring (bicyclic) bond motifs is 2. The predicted molar refractivity (Wildman–Crippen MR) is 176 cm³/mol. The van der Waals surface area contributed by atoms with Crippen LogP contribution in [0.4, 0.5) is 5.69 Å². The topological polar surface area (TPSA) is 81.0 Å². The molecule has 4 aromatic carbocycles. The maximum Gasteiger partial charge on any atom is 0.338 e. The Morgan fingerprint density at radius 1 is 0.889 bits per heavy atom. The summed E-state index contributed by atoms with van der Waals surface area (Å²) in [6.07, 6.45) is 0. The molecule has 0 radical (unpaired) electrons. The largest absolute Gasteiger partial charge is 0.463 e. The van der Waals surface area contributed by atoms with Crippen LogP contribution in [0.3, 0.4) is 0 Å². The van der Waals surface area contributed by atoms with E-state index in [9.17, 15) is 14.4 Å². The highest BCUT2D eigenvalue weighted by Gasteiger charge is 2.38. The molecule has 1 atom stereocenters. The molecule has 1 amide bonds. The molecule has 0 aliphatic carbocycles. The monoisotopic (exact) mass is 631 g/mol. The number of carbonyl (C=O) groups excluding carboxylic acids is 2. The number of hydrogen-bond donors (Lipinski definition) is 0. The molecule has 9 heteroatoms. The number of ether oxygens (including phenoxy) is 1. The Hall–Kier alpha value is -5.05.